The number of terminal acetylenes is 1. The van der Waals surface area contributed by atoms with Gasteiger partial charge in [0.1, 0.15) is 0 Å². The van der Waals surface area contributed by atoms with Gasteiger partial charge in [-0.2, -0.15) is 0 Å². The van der Waals surface area contributed by atoms with Crippen LogP contribution >= 0.6 is 0 Å². The molecule has 0 aliphatic carbocycles. The molecule has 0 aliphatic rings. The minimum Gasteiger partial charge on any atom is -0.115 e. The third kappa shape index (κ3) is 5.24. The van der Waals surface area contributed by atoms with E-state index >= 15 is 0 Å². The fraction of sp³-hybridized carbons (Fsp3) is 0.273. The number of benzene rings is 1. The maximum absolute atomic E-state index is 5.10. The van der Waals surface area contributed by atoms with Crippen LogP contribution in [0.4, 0.5) is 0 Å². The predicted molar refractivity (Wildman–Crippen MR) is 50.3 cm³/mol. The summed E-state index contributed by atoms with van der Waals surface area (Å²) < 4.78 is 0. The average molecular weight is 146 g/mol. The molecule has 0 bridgehead atoms. The molecule has 1 aromatic carbocycles. The van der Waals surface area contributed by atoms with Gasteiger partial charge in [-0.15, -0.1) is 6.42 Å². The molecule has 1 aromatic rings. The summed E-state index contributed by atoms with van der Waals surface area (Å²) in [4.78, 5) is 0. The van der Waals surface area contributed by atoms with Crippen LogP contribution in [0.1, 0.15) is 25.8 Å². The number of hydrogen-bond donors (Lipinski definition) is 0. The van der Waals surface area contributed by atoms with Gasteiger partial charge in [0, 0.05) is 5.56 Å². The minimum atomic E-state index is 0.938. The van der Waals surface area contributed by atoms with Gasteiger partial charge >= 0.3 is 0 Å². The lowest BCUT2D eigenvalue weighted by molar-refractivity contribution is 1.09. The third-order valence-electron chi connectivity index (χ3n) is 0.940. The van der Waals surface area contributed by atoms with Gasteiger partial charge in [-0.3, -0.25) is 0 Å². The lowest BCUT2D eigenvalue weighted by Crippen LogP contribution is -1.66. The monoisotopic (exact) mass is 146 g/mol. The zero-order valence-electron chi connectivity index (χ0n) is 7.17. The van der Waals surface area contributed by atoms with Crippen molar-refractivity contribution in [2.24, 2.45) is 0 Å². The molecule has 1 rings (SSSR count). The Morgan fingerprint density at radius 2 is 1.64 bits per heavy atom. The van der Waals surface area contributed by atoms with Gasteiger partial charge in [0.25, 0.3) is 0 Å². The third-order valence-corrected chi connectivity index (χ3v) is 0.940. The van der Waals surface area contributed by atoms with Crippen LogP contribution in [0.15, 0.2) is 30.3 Å². The maximum atomic E-state index is 5.10. The zero-order valence-corrected chi connectivity index (χ0v) is 7.17. The fourth-order valence-corrected chi connectivity index (χ4v) is 0.534. The standard InChI is InChI=1S/C8H6.C3H8/c1-2-8-6-4-3-5-7-8;1-3-2/h1,3-7H;3H2,1-2H3. The van der Waals surface area contributed by atoms with E-state index in [4.69, 9.17) is 6.42 Å². The average Bonchev–Trinajstić information content (AvgIpc) is 2.08. The molecule has 11 heavy (non-hydrogen) atoms. The molecule has 0 aromatic heterocycles. The summed E-state index contributed by atoms with van der Waals surface area (Å²) in [6, 6.07) is 9.60. The molecule has 0 atom stereocenters. The topological polar surface area (TPSA) is 0 Å². The summed E-state index contributed by atoms with van der Waals surface area (Å²) >= 11 is 0. The van der Waals surface area contributed by atoms with E-state index in [0.29, 0.717) is 0 Å². The normalized spacial score (nSPS) is 7.36. The lowest BCUT2D eigenvalue weighted by Gasteiger charge is -1.82. The number of rotatable bonds is 0. The molecule has 0 heteroatoms. The van der Waals surface area contributed by atoms with Crippen LogP contribution in [0.2, 0.25) is 0 Å². The van der Waals surface area contributed by atoms with Crippen LogP contribution in [-0.2, 0) is 0 Å². The van der Waals surface area contributed by atoms with Crippen LogP contribution in [-0.4, -0.2) is 0 Å². The van der Waals surface area contributed by atoms with Gasteiger partial charge in [0.2, 0.25) is 0 Å². The van der Waals surface area contributed by atoms with Crippen molar-refractivity contribution in [3.05, 3.63) is 35.9 Å². The first-order chi connectivity index (χ1) is 5.35. The van der Waals surface area contributed by atoms with E-state index in [-0.39, 0.29) is 0 Å². The van der Waals surface area contributed by atoms with Gasteiger partial charge in [0.15, 0.2) is 0 Å². The SMILES string of the molecule is C#Cc1ccccc1.CCC. The van der Waals surface area contributed by atoms with E-state index in [9.17, 15) is 0 Å². The highest BCUT2D eigenvalue weighted by molar-refractivity contribution is 5.30. The Balaban J connectivity index is 0.000000292. The lowest BCUT2D eigenvalue weighted by atomic mass is 10.2. The summed E-state index contributed by atoms with van der Waals surface area (Å²) in [6.45, 7) is 4.25. The van der Waals surface area contributed by atoms with Gasteiger partial charge < -0.3 is 0 Å². The maximum Gasteiger partial charge on any atom is 0.0242 e. The van der Waals surface area contributed by atoms with Crippen molar-refractivity contribution in [3.8, 4) is 12.3 Å². The summed E-state index contributed by atoms with van der Waals surface area (Å²) in [5, 5.41) is 0. The van der Waals surface area contributed by atoms with Crippen LogP contribution in [0, 0.1) is 12.3 Å². The number of hydrogen-bond acceptors (Lipinski definition) is 0. The summed E-state index contributed by atoms with van der Waals surface area (Å²) in [5.41, 5.74) is 0.938. The summed E-state index contributed by atoms with van der Waals surface area (Å²) in [6.07, 6.45) is 6.35. The second-order valence-electron chi connectivity index (χ2n) is 2.22. The molecule has 0 amide bonds. The molecule has 0 unspecified atom stereocenters. The largest absolute Gasteiger partial charge is 0.115 e. The smallest absolute Gasteiger partial charge is 0.0242 e. The summed E-state index contributed by atoms with van der Waals surface area (Å²) in [5.74, 6) is 2.53. The highest BCUT2D eigenvalue weighted by Crippen LogP contribution is 1.92. The second-order valence-corrected chi connectivity index (χ2v) is 2.22. The van der Waals surface area contributed by atoms with Gasteiger partial charge in [-0.25, -0.2) is 0 Å². The van der Waals surface area contributed by atoms with E-state index in [1.54, 1.807) is 0 Å². The summed E-state index contributed by atoms with van der Waals surface area (Å²) in [7, 11) is 0. The highest BCUT2D eigenvalue weighted by Gasteiger charge is 1.76. The quantitative estimate of drug-likeness (QED) is 0.493. The molecule has 0 N–H and O–H groups in total. The Hall–Kier alpha value is -1.22. The van der Waals surface area contributed by atoms with Gasteiger partial charge in [0.05, 0.1) is 0 Å². The predicted octanol–water partition coefficient (Wildman–Crippen LogP) is 3.08. The first kappa shape index (κ1) is 9.78. The van der Waals surface area contributed by atoms with Crippen molar-refractivity contribution in [3.63, 3.8) is 0 Å². The minimum absolute atomic E-state index is 0.938. The molecule has 0 spiro atoms. The van der Waals surface area contributed by atoms with Gasteiger partial charge in [-0.1, -0.05) is 44.4 Å². The molecule has 0 nitrogen and oxygen atoms in total. The van der Waals surface area contributed by atoms with E-state index in [1.165, 1.54) is 6.42 Å². The van der Waals surface area contributed by atoms with Gasteiger partial charge in [-0.05, 0) is 12.1 Å². The molecule has 58 valence electrons. The van der Waals surface area contributed by atoms with Crippen molar-refractivity contribution in [1.29, 1.82) is 0 Å². The van der Waals surface area contributed by atoms with Crippen molar-refractivity contribution in [2.45, 2.75) is 20.3 Å². The first-order valence-corrected chi connectivity index (χ1v) is 3.86. The second kappa shape index (κ2) is 6.89. The van der Waals surface area contributed by atoms with Crippen LogP contribution in [0.3, 0.4) is 0 Å². The highest BCUT2D eigenvalue weighted by atomic mass is 13.8. The van der Waals surface area contributed by atoms with Crippen LogP contribution in [0.5, 0.6) is 0 Å². The molecule has 0 saturated heterocycles. The Kier molecular flexibility index (Phi) is 6.13. The molecular weight excluding hydrogens is 132 g/mol. The molecule has 0 saturated carbocycles. The Labute approximate surface area is 69.3 Å². The zero-order chi connectivity index (χ0) is 8.53. The Morgan fingerprint density at radius 1 is 1.18 bits per heavy atom. The van der Waals surface area contributed by atoms with E-state index in [2.05, 4.69) is 19.8 Å². The van der Waals surface area contributed by atoms with E-state index in [0.717, 1.165) is 5.56 Å². The van der Waals surface area contributed by atoms with Crippen molar-refractivity contribution in [1.82, 2.24) is 0 Å². The molecule has 0 radical (unpaired) electrons. The van der Waals surface area contributed by atoms with Crippen molar-refractivity contribution >= 4 is 0 Å². The molecule has 0 heterocycles. The van der Waals surface area contributed by atoms with Crippen molar-refractivity contribution in [2.75, 3.05) is 0 Å². The van der Waals surface area contributed by atoms with Crippen LogP contribution < -0.4 is 0 Å². The molecule has 0 fully saturated rings. The molecular formula is C11H14. The Morgan fingerprint density at radius 3 is 1.91 bits per heavy atom. The Bertz CT molecular complexity index is 203. The van der Waals surface area contributed by atoms with E-state index in [1.807, 2.05) is 30.3 Å². The van der Waals surface area contributed by atoms with Crippen molar-refractivity contribution < 1.29 is 0 Å². The van der Waals surface area contributed by atoms with Crippen LogP contribution in [0.25, 0.3) is 0 Å². The van der Waals surface area contributed by atoms with E-state index < -0.39 is 0 Å². The first-order valence-electron chi connectivity index (χ1n) is 3.86. The molecule has 0 aliphatic heterocycles. The fourth-order valence-electron chi connectivity index (χ4n) is 0.534.